The maximum absolute atomic E-state index is 13.6. The van der Waals surface area contributed by atoms with Gasteiger partial charge in [0.15, 0.2) is 5.60 Å². The van der Waals surface area contributed by atoms with Gasteiger partial charge in [0.1, 0.15) is 0 Å². The minimum Gasteiger partial charge on any atom is -0.375 e. The van der Waals surface area contributed by atoms with Crippen LogP contribution in [0, 0.1) is 5.92 Å². The zero-order valence-corrected chi connectivity index (χ0v) is 16.5. The number of aliphatic hydroxyl groups is 1. The SMILES string of the molecule is O=C(NC(c1ccccc1)c1ccccc1)[C@@](O)(c1ccccc1)C1CCCC1. The van der Waals surface area contributed by atoms with Crippen molar-refractivity contribution in [3.63, 3.8) is 0 Å². The third-order valence-corrected chi connectivity index (χ3v) is 6.05. The van der Waals surface area contributed by atoms with E-state index < -0.39 is 5.60 Å². The zero-order chi connectivity index (χ0) is 20.1. The van der Waals surface area contributed by atoms with Crippen molar-refractivity contribution in [2.75, 3.05) is 0 Å². The number of hydrogen-bond donors (Lipinski definition) is 2. The van der Waals surface area contributed by atoms with Crippen molar-refractivity contribution >= 4 is 5.91 Å². The Bertz CT molecular complexity index is 881. The number of rotatable bonds is 6. The van der Waals surface area contributed by atoms with Gasteiger partial charge in [-0.2, -0.15) is 0 Å². The first-order valence-electron chi connectivity index (χ1n) is 10.4. The van der Waals surface area contributed by atoms with Crippen LogP contribution in [0.15, 0.2) is 91.0 Å². The lowest BCUT2D eigenvalue weighted by molar-refractivity contribution is -0.148. The van der Waals surface area contributed by atoms with Crippen LogP contribution < -0.4 is 5.32 Å². The predicted octanol–water partition coefficient (Wildman–Crippen LogP) is 4.97. The van der Waals surface area contributed by atoms with Gasteiger partial charge in [0.05, 0.1) is 6.04 Å². The van der Waals surface area contributed by atoms with Gasteiger partial charge in [-0.25, -0.2) is 0 Å². The maximum atomic E-state index is 13.6. The molecule has 1 amide bonds. The molecule has 0 saturated heterocycles. The van der Waals surface area contributed by atoms with Crippen molar-refractivity contribution < 1.29 is 9.90 Å². The van der Waals surface area contributed by atoms with E-state index in [4.69, 9.17) is 0 Å². The number of amides is 1. The molecule has 4 rings (SSSR count). The Morgan fingerprint density at radius 3 is 1.72 bits per heavy atom. The molecule has 1 saturated carbocycles. The molecule has 0 aliphatic heterocycles. The Morgan fingerprint density at radius 2 is 1.24 bits per heavy atom. The highest BCUT2D eigenvalue weighted by atomic mass is 16.3. The van der Waals surface area contributed by atoms with E-state index in [-0.39, 0.29) is 17.9 Å². The van der Waals surface area contributed by atoms with E-state index in [9.17, 15) is 9.90 Å². The highest BCUT2D eigenvalue weighted by molar-refractivity contribution is 5.87. The molecule has 0 radical (unpaired) electrons. The molecule has 1 fully saturated rings. The zero-order valence-electron chi connectivity index (χ0n) is 16.5. The van der Waals surface area contributed by atoms with Gasteiger partial charge >= 0.3 is 0 Å². The maximum Gasteiger partial charge on any atom is 0.257 e. The monoisotopic (exact) mass is 385 g/mol. The van der Waals surface area contributed by atoms with E-state index in [2.05, 4.69) is 5.32 Å². The minimum absolute atomic E-state index is 0.0721. The number of carbonyl (C=O) groups is 1. The molecule has 1 aliphatic carbocycles. The Balaban J connectivity index is 1.71. The Morgan fingerprint density at radius 1 is 0.793 bits per heavy atom. The number of benzene rings is 3. The summed E-state index contributed by atoms with van der Waals surface area (Å²) in [6, 6.07) is 28.9. The second-order valence-corrected chi connectivity index (χ2v) is 7.84. The number of nitrogens with one attached hydrogen (secondary N) is 1. The quantitative estimate of drug-likeness (QED) is 0.629. The van der Waals surface area contributed by atoms with Crippen LogP contribution in [-0.4, -0.2) is 11.0 Å². The van der Waals surface area contributed by atoms with E-state index in [1.807, 2.05) is 91.0 Å². The molecule has 1 aliphatic rings. The van der Waals surface area contributed by atoms with Gasteiger partial charge in [-0.05, 0) is 29.5 Å². The van der Waals surface area contributed by atoms with E-state index in [0.717, 1.165) is 36.8 Å². The smallest absolute Gasteiger partial charge is 0.257 e. The van der Waals surface area contributed by atoms with Crippen LogP contribution in [-0.2, 0) is 10.4 Å². The molecule has 0 unspecified atom stereocenters. The molecule has 2 N–H and O–H groups in total. The summed E-state index contributed by atoms with van der Waals surface area (Å²) in [6.07, 6.45) is 3.82. The van der Waals surface area contributed by atoms with Crippen molar-refractivity contribution in [2.45, 2.75) is 37.3 Å². The summed E-state index contributed by atoms with van der Waals surface area (Å²) in [5, 5.41) is 15.0. The lowest BCUT2D eigenvalue weighted by atomic mass is 9.79. The van der Waals surface area contributed by atoms with Gasteiger partial charge < -0.3 is 10.4 Å². The largest absolute Gasteiger partial charge is 0.375 e. The average Bonchev–Trinajstić information content (AvgIpc) is 3.34. The standard InChI is InChI=1S/C26H27NO2/c28-25(26(29,23-18-10-11-19-23)22-16-8-3-9-17-22)27-24(20-12-4-1-5-13-20)21-14-6-2-7-15-21/h1-9,12-17,23-24,29H,10-11,18-19H2,(H,27,28)/t26-/m1/s1. The first-order chi connectivity index (χ1) is 14.2. The fraction of sp³-hybridized carbons (Fsp3) is 0.269. The summed E-state index contributed by atoms with van der Waals surface area (Å²) < 4.78 is 0. The average molecular weight is 386 g/mol. The fourth-order valence-electron chi connectivity index (χ4n) is 4.48. The summed E-state index contributed by atoms with van der Waals surface area (Å²) in [5.74, 6) is -0.398. The highest BCUT2D eigenvalue weighted by Gasteiger charge is 2.46. The van der Waals surface area contributed by atoms with Gasteiger partial charge in [-0.15, -0.1) is 0 Å². The van der Waals surface area contributed by atoms with Crippen molar-refractivity contribution in [1.29, 1.82) is 0 Å². The lowest BCUT2D eigenvalue weighted by Crippen LogP contribution is -2.50. The Hall–Kier alpha value is -2.91. The van der Waals surface area contributed by atoms with Crippen molar-refractivity contribution in [3.05, 3.63) is 108 Å². The van der Waals surface area contributed by atoms with E-state index in [1.54, 1.807) is 0 Å². The molecule has 148 valence electrons. The van der Waals surface area contributed by atoms with Crippen molar-refractivity contribution in [1.82, 2.24) is 5.32 Å². The predicted molar refractivity (Wildman–Crippen MR) is 115 cm³/mol. The molecule has 0 heterocycles. The van der Waals surface area contributed by atoms with Gasteiger partial charge in [0.2, 0.25) is 0 Å². The van der Waals surface area contributed by atoms with Crippen LogP contribution >= 0.6 is 0 Å². The van der Waals surface area contributed by atoms with E-state index in [1.165, 1.54) is 0 Å². The summed E-state index contributed by atoms with van der Waals surface area (Å²) >= 11 is 0. The van der Waals surface area contributed by atoms with Gasteiger partial charge in [-0.3, -0.25) is 4.79 Å². The minimum atomic E-state index is -1.53. The summed E-state index contributed by atoms with van der Waals surface area (Å²) in [7, 11) is 0. The van der Waals surface area contributed by atoms with Crippen LogP contribution in [0.3, 0.4) is 0 Å². The first kappa shape index (κ1) is 19.4. The molecule has 0 bridgehead atoms. The van der Waals surface area contributed by atoms with Gasteiger partial charge in [0.25, 0.3) is 5.91 Å². The van der Waals surface area contributed by atoms with E-state index in [0.29, 0.717) is 5.56 Å². The van der Waals surface area contributed by atoms with Crippen molar-refractivity contribution in [3.8, 4) is 0 Å². The number of carbonyl (C=O) groups excluding carboxylic acids is 1. The second-order valence-electron chi connectivity index (χ2n) is 7.84. The van der Waals surface area contributed by atoms with Crippen LogP contribution in [0.4, 0.5) is 0 Å². The molecule has 1 atom stereocenters. The molecule has 29 heavy (non-hydrogen) atoms. The third-order valence-electron chi connectivity index (χ3n) is 6.05. The molecule has 3 aromatic rings. The Kier molecular flexibility index (Phi) is 5.77. The molecule has 3 aromatic carbocycles. The molecule has 3 nitrogen and oxygen atoms in total. The third kappa shape index (κ3) is 3.96. The van der Waals surface area contributed by atoms with Crippen LogP contribution in [0.2, 0.25) is 0 Å². The topological polar surface area (TPSA) is 49.3 Å². The molecule has 3 heteroatoms. The molecule has 0 spiro atoms. The molecular weight excluding hydrogens is 358 g/mol. The van der Waals surface area contributed by atoms with Crippen LogP contribution in [0.25, 0.3) is 0 Å². The normalized spacial score (nSPS) is 16.5. The summed E-state index contributed by atoms with van der Waals surface area (Å²) in [5.41, 5.74) is 1.13. The van der Waals surface area contributed by atoms with Crippen LogP contribution in [0.1, 0.15) is 48.4 Å². The highest BCUT2D eigenvalue weighted by Crippen LogP contribution is 2.41. The summed E-state index contributed by atoms with van der Waals surface area (Å²) in [6.45, 7) is 0. The Labute approximate surface area is 172 Å². The molecular formula is C26H27NO2. The van der Waals surface area contributed by atoms with Gasteiger partial charge in [0, 0.05) is 5.92 Å². The summed E-state index contributed by atoms with van der Waals surface area (Å²) in [4.78, 5) is 13.6. The number of hydrogen-bond acceptors (Lipinski definition) is 2. The van der Waals surface area contributed by atoms with Crippen LogP contribution in [0.5, 0.6) is 0 Å². The molecule has 0 aromatic heterocycles. The van der Waals surface area contributed by atoms with Gasteiger partial charge in [-0.1, -0.05) is 104 Å². The lowest BCUT2D eigenvalue weighted by Gasteiger charge is -2.35. The van der Waals surface area contributed by atoms with Crippen molar-refractivity contribution in [2.24, 2.45) is 5.92 Å². The van der Waals surface area contributed by atoms with E-state index >= 15 is 0 Å². The second kappa shape index (κ2) is 8.62. The first-order valence-corrected chi connectivity index (χ1v) is 10.4. The fourth-order valence-corrected chi connectivity index (χ4v) is 4.48.